The number of hydrogen-bond donors (Lipinski definition) is 2. The predicted octanol–water partition coefficient (Wildman–Crippen LogP) is 2.91. The van der Waals surface area contributed by atoms with Gasteiger partial charge in [0.1, 0.15) is 17.5 Å². The van der Waals surface area contributed by atoms with Crippen molar-refractivity contribution in [2.75, 3.05) is 25.1 Å². The number of aromatic amines is 1. The Morgan fingerprint density at radius 1 is 1.30 bits per heavy atom. The van der Waals surface area contributed by atoms with Crippen LogP contribution in [0.3, 0.4) is 0 Å². The predicted molar refractivity (Wildman–Crippen MR) is 137 cm³/mol. The fraction of sp³-hybridized carbons (Fsp3) is 0.480. The number of carbonyl (C=O) groups excluding carboxylic acids is 1. The normalized spacial score (nSPS) is 21.6. The Balaban J connectivity index is 1.44. The molecule has 2 atom stereocenters. The van der Waals surface area contributed by atoms with Crippen molar-refractivity contribution in [2.45, 2.75) is 57.2 Å². The number of pyridine rings is 1. The average Bonchev–Trinajstić information content (AvgIpc) is 3.28. The standard InChI is InChI=1S/C25H31N5O6S/c1-15-8-10-35-14-19(15)30-18-7-9-26-24(32)22(18)23(28-30)27-17-5-6-20-16(11-17)12-29(37(20,33)34)13-21(31)36-25(2,3)4/h5-7,9,11,15,19H,8,10,12-14H2,1-4H3,(H,26,32)(H,27,28)/t15-,19-/m0/s1. The zero-order valence-electron chi connectivity index (χ0n) is 21.3. The van der Waals surface area contributed by atoms with Gasteiger partial charge in [-0.15, -0.1) is 0 Å². The number of carbonyl (C=O) groups is 1. The van der Waals surface area contributed by atoms with E-state index in [0.29, 0.717) is 47.1 Å². The Morgan fingerprint density at radius 3 is 2.81 bits per heavy atom. The summed E-state index contributed by atoms with van der Waals surface area (Å²) in [6, 6.07) is 6.64. The fourth-order valence-electron chi connectivity index (χ4n) is 4.82. The molecule has 198 valence electrons. The summed E-state index contributed by atoms with van der Waals surface area (Å²) in [5.41, 5.74) is 0.830. The highest BCUT2D eigenvalue weighted by atomic mass is 32.2. The molecule has 5 rings (SSSR count). The molecule has 3 aromatic rings. The van der Waals surface area contributed by atoms with E-state index in [-0.39, 0.29) is 29.6 Å². The Hall–Kier alpha value is -3.22. The third-order valence-electron chi connectivity index (χ3n) is 6.62. The van der Waals surface area contributed by atoms with Gasteiger partial charge in [0.25, 0.3) is 5.56 Å². The number of fused-ring (bicyclic) bond motifs is 2. The van der Waals surface area contributed by atoms with Gasteiger partial charge in [-0.3, -0.25) is 14.3 Å². The number of benzene rings is 1. The van der Waals surface area contributed by atoms with Crippen LogP contribution in [0.25, 0.3) is 10.9 Å². The molecule has 2 aliphatic rings. The monoisotopic (exact) mass is 529 g/mol. The number of sulfonamides is 1. The number of H-pyrrole nitrogens is 1. The highest BCUT2D eigenvalue weighted by Gasteiger charge is 2.37. The third kappa shape index (κ3) is 4.88. The molecule has 0 aliphatic carbocycles. The number of esters is 1. The van der Waals surface area contributed by atoms with Crippen LogP contribution in [0.5, 0.6) is 0 Å². The number of aromatic nitrogens is 3. The lowest BCUT2D eigenvalue weighted by atomic mass is 9.97. The molecule has 0 spiro atoms. The fourth-order valence-corrected chi connectivity index (χ4v) is 6.38. The van der Waals surface area contributed by atoms with Crippen molar-refractivity contribution in [1.29, 1.82) is 0 Å². The largest absolute Gasteiger partial charge is 0.459 e. The minimum atomic E-state index is -3.83. The molecule has 0 radical (unpaired) electrons. The summed E-state index contributed by atoms with van der Waals surface area (Å²) < 4.78 is 39.9. The van der Waals surface area contributed by atoms with E-state index in [0.717, 1.165) is 10.7 Å². The molecule has 0 bridgehead atoms. The Labute approximate surface area is 214 Å². The molecule has 2 aromatic heterocycles. The zero-order chi connectivity index (χ0) is 26.5. The first-order valence-corrected chi connectivity index (χ1v) is 13.7. The van der Waals surface area contributed by atoms with Gasteiger partial charge in [0, 0.05) is 25.0 Å². The van der Waals surface area contributed by atoms with E-state index >= 15 is 0 Å². The lowest BCUT2D eigenvalue weighted by molar-refractivity contribution is -0.155. The van der Waals surface area contributed by atoms with Gasteiger partial charge in [-0.1, -0.05) is 6.92 Å². The molecule has 37 heavy (non-hydrogen) atoms. The topological polar surface area (TPSA) is 136 Å². The van der Waals surface area contributed by atoms with Crippen LogP contribution in [0.4, 0.5) is 11.5 Å². The molecule has 0 amide bonds. The maximum absolute atomic E-state index is 13.0. The Kier molecular flexibility index (Phi) is 6.37. The number of rotatable bonds is 5. The molecule has 4 heterocycles. The lowest BCUT2D eigenvalue weighted by Gasteiger charge is -2.29. The molecular weight excluding hydrogens is 498 g/mol. The van der Waals surface area contributed by atoms with Gasteiger partial charge in [0.15, 0.2) is 5.82 Å². The van der Waals surface area contributed by atoms with Crippen LogP contribution < -0.4 is 10.9 Å². The summed E-state index contributed by atoms with van der Waals surface area (Å²) in [6.07, 6.45) is 2.50. The number of anilines is 2. The quantitative estimate of drug-likeness (QED) is 0.482. The highest BCUT2D eigenvalue weighted by molar-refractivity contribution is 7.89. The van der Waals surface area contributed by atoms with Crippen LogP contribution in [0.2, 0.25) is 0 Å². The van der Waals surface area contributed by atoms with E-state index in [4.69, 9.17) is 14.6 Å². The maximum Gasteiger partial charge on any atom is 0.321 e. The first kappa shape index (κ1) is 25.4. The Morgan fingerprint density at radius 2 is 2.08 bits per heavy atom. The summed E-state index contributed by atoms with van der Waals surface area (Å²) in [4.78, 5) is 27.9. The van der Waals surface area contributed by atoms with Crippen molar-refractivity contribution in [1.82, 2.24) is 19.1 Å². The van der Waals surface area contributed by atoms with Gasteiger partial charge in [-0.05, 0) is 62.9 Å². The Bertz CT molecular complexity index is 1520. The smallest absolute Gasteiger partial charge is 0.321 e. The molecule has 2 N–H and O–H groups in total. The SMILES string of the molecule is C[C@H]1CCOC[C@@H]1n1nc(Nc2ccc3c(c2)CN(CC(=O)OC(C)(C)C)S3(=O)=O)c2c(=O)[nH]ccc21. The van der Waals surface area contributed by atoms with Crippen molar-refractivity contribution < 1.29 is 22.7 Å². The maximum atomic E-state index is 13.0. The summed E-state index contributed by atoms with van der Waals surface area (Å²) in [5, 5.41) is 8.37. The summed E-state index contributed by atoms with van der Waals surface area (Å²) in [5.74, 6) is 0.0885. The van der Waals surface area contributed by atoms with Crippen LogP contribution in [0.15, 0.2) is 40.2 Å². The first-order valence-electron chi connectivity index (χ1n) is 12.2. The molecule has 1 fully saturated rings. The highest BCUT2D eigenvalue weighted by Crippen LogP contribution is 2.35. The molecular formula is C25H31N5O6S. The molecule has 0 unspecified atom stereocenters. The summed E-state index contributed by atoms with van der Waals surface area (Å²) >= 11 is 0. The van der Waals surface area contributed by atoms with Crippen molar-refractivity contribution in [3.8, 4) is 0 Å². The van der Waals surface area contributed by atoms with Crippen LogP contribution in [0.1, 0.15) is 45.7 Å². The van der Waals surface area contributed by atoms with Gasteiger partial charge in [-0.25, -0.2) is 8.42 Å². The van der Waals surface area contributed by atoms with E-state index in [1.54, 1.807) is 39.1 Å². The van der Waals surface area contributed by atoms with Crippen molar-refractivity contribution in [2.24, 2.45) is 5.92 Å². The van der Waals surface area contributed by atoms with Gasteiger partial charge in [-0.2, -0.15) is 9.40 Å². The van der Waals surface area contributed by atoms with E-state index in [9.17, 15) is 18.0 Å². The first-order chi connectivity index (χ1) is 17.4. The van der Waals surface area contributed by atoms with Crippen LogP contribution in [0, 0.1) is 5.92 Å². The van der Waals surface area contributed by atoms with Crippen molar-refractivity contribution in [3.05, 3.63) is 46.4 Å². The second-order valence-corrected chi connectivity index (χ2v) is 12.5. The van der Waals surface area contributed by atoms with Gasteiger partial charge in [0.2, 0.25) is 10.0 Å². The summed E-state index contributed by atoms with van der Waals surface area (Å²) in [7, 11) is -3.83. The van der Waals surface area contributed by atoms with Crippen molar-refractivity contribution in [3.63, 3.8) is 0 Å². The van der Waals surface area contributed by atoms with E-state index in [1.807, 2.05) is 10.7 Å². The second-order valence-electron chi connectivity index (χ2n) is 10.6. The molecule has 1 saturated heterocycles. The van der Waals surface area contributed by atoms with Gasteiger partial charge >= 0.3 is 5.97 Å². The van der Waals surface area contributed by atoms with E-state index in [2.05, 4.69) is 17.2 Å². The number of ether oxygens (including phenoxy) is 2. The van der Waals surface area contributed by atoms with Crippen LogP contribution >= 0.6 is 0 Å². The second kappa shape index (κ2) is 9.26. The third-order valence-corrected chi connectivity index (χ3v) is 8.51. The minimum Gasteiger partial charge on any atom is -0.459 e. The van der Waals surface area contributed by atoms with E-state index in [1.165, 1.54) is 6.07 Å². The minimum absolute atomic E-state index is 0.0137. The number of nitrogens with one attached hydrogen (secondary N) is 2. The van der Waals surface area contributed by atoms with Crippen molar-refractivity contribution >= 4 is 38.4 Å². The van der Waals surface area contributed by atoms with Crippen LogP contribution in [-0.2, 0) is 30.8 Å². The molecule has 12 heteroatoms. The summed E-state index contributed by atoms with van der Waals surface area (Å²) in [6.45, 7) is 8.21. The molecule has 2 aliphatic heterocycles. The lowest BCUT2D eigenvalue weighted by Crippen LogP contribution is -2.35. The van der Waals surface area contributed by atoms with Gasteiger partial charge in [0.05, 0.1) is 23.1 Å². The number of nitrogens with zero attached hydrogens (tertiary/aromatic N) is 3. The molecule has 0 saturated carbocycles. The van der Waals surface area contributed by atoms with E-state index < -0.39 is 21.6 Å². The van der Waals surface area contributed by atoms with Crippen LogP contribution in [-0.4, -0.2) is 58.8 Å². The molecule has 11 nitrogen and oxygen atoms in total. The molecule has 1 aromatic carbocycles. The number of hydrogen-bond acceptors (Lipinski definition) is 8. The zero-order valence-corrected chi connectivity index (χ0v) is 22.1. The average molecular weight is 530 g/mol. The van der Waals surface area contributed by atoms with Gasteiger partial charge < -0.3 is 19.8 Å².